The molecule has 1 heterocycles. The van der Waals surface area contributed by atoms with Gasteiger partial charge in [0.25, 0.3) is 0 Å². The molecule has 2 rings (SSSR count). The minimum Gasteiger partial charge on any atom is -0.496 e. The molecule has 0 spiro atoms. The van der Waals surface area contributed by atoms with Crippen LogP contribution in [0.1, 0.15) is 36.2 Å². The fraction of sp³-hybridized carbons (Fsp3) is 0.412. The van der Waals surface area contributed by atoms with E-state index in [1.54, 1.807) is 7.11 Å². The number of halogens is 1. The second-order valence-corrected chi connectivity index (χ2v) is 6.91. The van der Waals surface area contributed by atoms with Crippen molar-refractivity contribution in [2.75, 3.05) is 13.7 Å². The van der Waals surface area contributed by atoms with E-state index in [1.807, 2.05) is 17.4 Å². The summed E-state index contributed by atoms with van der Waals surface area (Å²) in [6.45, 7) is 3.24. The molecule has 0 fully saturated rings. The van der Waals surface area contributed by atoms with Crippen LogP contribution in [0.15, 0.2) is 40.2 Å². The van der Waals surface area contributed by atoms with Crippen molar-refractivity contribution in [3.63, 3.8) is 0 Å². The van der Waals surface area contributed by atoms with Crippen LogP contribution in [0, 0.1) is 0 Å². The lowest BCUT2D eigenvalue weighted by molar-refractivity contribution is 0.411. The summed E-state index contributed by atoms with van der Waals surface area (Å²) in [5.41, 5.74) is 1.31. The van der Waals surface area contributed by atoms with E-state index < -0.39 is 0 Å². The van der Waals surface area contributed by atoms with E-state index in [2.05, 4.69) is 57.8 Å². The minimum atomic E-state index is 0.384. The van der Waals surface area contributed by atoms with Gasteiger partial charge in [-0.1, -0.05) is 19.1 Å². The molecule has 1 atom stereocenters. The molecular formula is C17H22BrNOS. The van der Waals surface area contributed by atoms with Gasteiger partial charge >= 0.3 is 0 Å². The van der Waals surface area contributed by atoms with Crippen LogP contribution >= 0.6 is 27.3 Å². The van der Waals surface area contributed by atoms with Gasteiger partial charge in [0.05, 0.1) is 11.6 Å². The Morgan fingerprint density at radius 1 is 1.33 bits per heavy atom. The van der Waals surface area contributed by atoms with Gasteiger partial charge in [-0.2, -0.15) is 0 Å². The third-order valence-corrected chi connectivity index (χ3v) is 5.03. The fourth-order valence-electron chi connectivity index (χ4n) is 2.35. The van der Waals surface area contributed by atoms with Crippen LogP contribution in [0.4, 0.5) is 0 Å². The monoisotopic (exact) mass is 367 g/mol. The summed E-state index contributed by atoms with van der Waals surface area (Å²) in [6.07, 6.45) is 3.37. The summed E-state index contributed by atoms with van der Waals surface area (Å²) in [4.78, 5) is 1.45. The zero-order valence-electron chi connectivity index (χ0n) is 12.6. The highest BCUT2D eigenvalue weighted by Gasteiger charge is 2.13. The molecule has 114 valence electrons. The van der Waals surface area contributed by atoms with E-state index in [4.69, 9.17) is 4.74 Å². The molecule has 1 unspecified atom stereocenters. The zero-order chi connectivity index (χ0) is 15.1. The largest absolute Gasteiger partial charge is 0.496 e. The Hall–Kier alpha value is -0.840. The number of rotatable bonds is 8. The average molecular weight is 368 g/mol. The lowest BCUT2D eigenvalue weighted by atomic mass is 10.0. The summed E-state index contributed by atoms with van der Waals surface area (Å²) >= 11 is 5.42. The Morgan fingerprint density at radius 3 is 2.81 bits per heavy atom. The first-order chi connectivity index (χ1) is 10.2. The van der Waals surface area contributed by atoms with Crippen molar-refractivity contribution in [2.24, 2.45) is 0 Å². The standard InChI is InChI=1S/C17H22BrNOS/c1-3-10-19-16(8-7-14-5-4-11-21-14)13-6-9-17(20-2)15(18)12-13/h4-6,9,11-12,16,19H,3,7-8,10H2,1-2H3. The van der Waals surface area contributed by atoms with Crippen LogP contribution in [0.3, 0.4) is 0 Å². The van der Waals surface area contributed by atoms with Crippen molar-refractivity contribution >= 4 is 27.3 Å². The third-order valence-electron chi connectivity index (χ3n) is 3.48. The maximum absolute atomic E-state index is 5.31. The number of nitrogens with one attached hydrogen (secondary N) is 1. The fourth-order valence-corrected chi connectivity index (χ4v) is 3.63. The molecule has 2 nitrogen and oxygen atoms in total. The summed E-state index contributed by atoms with van der Waals surface area (Å²) in [5, 5.41) is 5.80. The highest BCUT2D eigenvalue weighted by Crippen LogP contribution is 2.30. The second kappa shape index (κ2) is 8.57. The maximum Gasteiger partial charge on any atom is 0.133 e. The Bertz CT molecular complexity index is 542. The summed E-state index contributed by atoms with van der Waals surface area (Å²) in [6, 6.07) is 11.1. The molecule has 0 amide bonds. The van der Waals surface area contributed by atoms with Gasteiger partial charge in [-0.3, -0.25) is 0 Å². The molecule has 0 aliphatic rings. The number of hydrogen-bond acceptors (Lipinski definition) is 3. The lowest BCUT2D eigenvalue weighted by Gasteiger charge is -2.19. The Labute approximate surface area is 139 Å². The summed E-state index contributed by atoms with van der Waals surface area (Å²) in [7, 11) is 1.70. The van der Waals surface area contributed by atoms with E-state index in [0.29, 0.717) is 6.04 Å². The van der Waals surface area contributed by atoms with Crippen LogP contribution in [-0.4, -0.2) is 13.7 Å². The Balaban J connectivity index is 2.08. The van der Waals surface area contributed by atoms with Crippen molar-refractivity contribution in [1.29, 1.82) is 0 Å². The van der Waals surface area contributed by atoms with Crippen molar-refractivity contribution in [1.82, 2.24) is 5.32 Å². The molecule has 4 heteroatoms. The van der Waals surface area contributed by atoms with Crippen molar-refractivity contribution < 1.29 is 4.74 Å². The Kier molecular flexibility index (Phi) is 6.74. The van der Waals surface area contributed by atoms with E-state index in [0.717, 1.165) is 36.0 Å². The first kappa shape index (κ1) is 16.5. The SMILES string of the molecule is CCCNC(CCc1cccs1)c1ccc(OC)c(Br)c1. The predicted molar refractivity (Wildman–Crippen MR) is 94.4 cm³/mol. The van der Waals surface area contributed by atoms with Crippen LogP contribution in [0.2, 0.25) is 0 Å². The maximum atomic E-state index is 5.31. The van der Waals surface area contributed by atoms with Gasteiger partial charge in [0, 0.05) is 10.9 Å². The van der Waals surface area contributed by atoms with Crippen LogP contribution in [0.5, 0.6) is 5.75 Å². The van der Waals surface area contributed by atoms with Gasteiger partial charge in [0.2, 0.25) is 0 Å². The normalized spacial score (nSPS) is 12.3. The highest BCUT2D eigenvalue weighted by molar-refractivity contribution is 9.10. The first-order valence-corrected chi connectivity index (χ1v) is 9.01. The number of ether oxygens (including phenoxy) is 1. The van der Waals surface area contributed by atoms with E-state index in [1.165, 1.54) is 10.4 Å². The molecule has 0 saturated carbocycles. The average Bonchev–Trinajstić information content (AvgIpc) is 3.00. The van der Waals surface area contributed by atoms with E-state index in [-0.39, 0.29) is 0 Å². The van der Waals surface area contributed by atoms with E-state index in [9.17, 15) is 0 Å². The molecule has 0 aliphatic carbocycles. The van der Waals surface area contributed by atoms with E-state index >= 15 is 0 Å². The third kappa shape index (κ3) is 4.83. The van der Waals surface area contributed by atoms with Crippen LogP contribution in [-0.2, 0) is 6.42 Å². The predicted octanol–water partition coefficient (Wildman–Crippen LogP) is 5.19. The van der Waals surface area contributed by atoms with Crippen LogP contribution < -0.4 is 10.1 Å². The van der Waals surface area contributed by atoms with Gasteiger partial charge in [-0.25, -0.2) is 0 Å². The molecule has 1 aromatic carbocycles. The molecular weight excluding hydrogens is 346 g/mol. The molecule has 0 bridgehead atoms. The first-order valence-electron chi connectivity index (χ1n) is 7.33. The van der Waals surface area contributed by atoms with Crippen molar-refractivity contribution in [2.45, 2.75) is 32.2 Å². The minimum absolute atomic E-state index is 0.384. The number of benzene rings is 1. The summed E-state index contributed by atoms with van der Waals surface area (Å²) < 4.78 is 6.33. The molecule has 0 aliphatic heterocycles. The molecule has 0 radical (unpaired) electrons. The second-order valence-electron chi connectivity index (χ2n) is 5.02. The summed E-state index contributed by atoms with van der Waals surface area (Å²) in [5.74, 6) is 0.881. The molecule has 21 heavy (non-hydrogen) atoms. The molecule has 1 N–H and O–H groups in total. The molecule has 0 saturated heterocycles. The van der Waals surface area contributed by atoms with Gasteiger partial charge in [0.1, 0.15) is 5.75 Å². The van der Waals surface area contributed by atoms with Gasteiger partial charge in [-0.05, 0) is 70.9 Å². The van der Waals surface area contributed by atoms with Gasteiger partial charge < -0.3 is 10.1 Å². The number of hydrogen-bond donors (Lipinski definition) is 1. The smallest absolute Gasteiger partial charge is 0.133 e. The molecule has 2 aromatic rings. The van der Waals surface area contributed by atoms with Crippen molar-refractivity contribution in [3.8, 4) is 5.75 Å². The lowest BCUT2D eigenvalue weighted by Crippen LogP contribution is -2.22. The van der Waals surface area contributed by atoms with Gasteiger partial charge in [0.15, 0.2) is 0 Å². The number of methoxy groups -OCH3 is 1. The topological polar surface area (TPSA) is 21.3 Å². The molecule has 1 aromatic heterocycles. The van der Waals surface area contributed by atoms with Crippen LogP contribution in [0.25, 0.3) is 0 Å². The zero-order valence-corrected chi connectivity index (χ0v) is 15.0. The Morgan fingerprint density at radius 2 is 2.19 bits per heavy atom. The quantitative estimate of drug-likeness (QED) is 0.692. The van der Waals surface area contributed by atoms with Crippen molar-refractivity contribution in [3.05, 3.63) is 50.6 Å². The van der Waals surface area contributed by atoms with Gasteiger partial charge in [-0.15, -0.1) is 11.3 Å². The number of aryl methyl sites for hydroxylation is 1. The number of thiophene rings is 1. The highest BCUT2D eigenvalue weighted by atomic mass is 79.9.